The van der Waals surface area contributed by atoms with Gasteiger partial charge >= 0.3 is 0 Å². The van der Waals surface area contributed by atoms with Crippen LogP contribution in [0.3, 0.4) is 0 Å². The van der Waals surface area contributed by atoms with E-state index in [9.17, 15) is 5.11 Å². The van der Waals surface area contributed by atoms with Gasteiger partial charge in [0.25, 0.3) is 0 Å². The molecule has 0 aliphatic rings. The predicted molar refractivity (Wildman–Crippen MR) is 71.8 cm³/mol. The van der Waals surface area contributed by atoms with Crippen LogP contribution in [0.4, 0.5) is 5.82 Å². The second-order valence-corrected chi connectivity index (χ2v) is 4.75. The van der Waals surface area contributed by atoms with Gasteiger partial charge in [-0.05, 0) is 18.8 Å². The fourth-order valence-corrected chi connectivity index (χ4v) is 1.57. The van der Waals surface area contributed by atoms with Crippen molar-refractivity contribution in [2.45, 2.75) is 39.7 Å². The zero-order valence-electron chi connectivity index (χ0n) is 11.4. The number of aliphatic hydroxyl groups is 1. The number of ether oxygens (including phenoxy) is 1. The Bertz CT molecular complexity index is 345. The Hall–Kier alpha value is -1.36. The lowest BCUT2D eigenvalue weighted by Crippen LogP contribution is -2.21. The first-order valence-corrected chi connectivity index (χ1v) is 6.48. The van der Waals surface area contributed by atoms with E-state index in [4.69, 9.17) is 4.74 Å². The van der Waals surface area contributed by atoms with Gasteiger partial charge in [0.05, 0.1) is 12.7 Å². The first-order chi connectivity index (χ1) is 8.61. The summed E-state index contributed by atoms with van der Waals surface area (Å²) in [6.07, 6.45) is 2.82. The van der Waals surface area contributed by atoms with E-state index in [1.807, 2.05) is 6.92 Å². The summed E-state index contributed by atoms with van der Waals surface area (Å²) in [5.41, 5.74) is 0. The summed E-state index contributed by atoms with van der Waals surface area (Å²) in [6.45, 7) is 7.35. The van der Waals surface area contributed by atoms with Gasteiger partial charge < -0.3 is 15.2 Å². The van der Waals surface area contributed by atoms with Gasteiger partial charge in [-0.2, -0.15) is 0 Å². The number of nitrogens with zero attached hydrogens (tertiary/aromatic N) is 2. The Balaban J connectivity index is 2.41. The minimum atomic E-state index is -0.361. The number of hydrogen-bond donors (Lipinski definition) is 2. The molecule has 1 heterocycles. The quantitative estimate of drug-likeness (QED) is 0.742. The molecule has 5 nitrogen and oxygen atoms in total. The lowest BCUT2D eigenvalue weighted by Gasteiger charge is -2.14. The molecule has 18 heavy (non-hydrogen) atoms. The summed E-state index contributed by atoms with van der Waals surface area (Å²) >= 11 is 0. The molecular formula is C13H23N3O2. The third kappa shape index (κ3) is 5.82. The number of aliphatic hydroxyl groups excluding tert-OH is 1. The van der Waals surface area contributed by atoms with Crippen LogP contribution in [0.5, 0.6) is 5.88 Å². The number of hydrogen-bond acceptors (Lipinski definition) is 5. The maximum Gasteiger partial charge on any atom is 0.218 e. The Morgan fingerprint density at radius 1 is 1.39 bits per heavy atom. The van der Waals surface area contributed by atoms with Crippen molar-refractivity contribution in [1.29, 1.82) is 0 Å². The van der Waals surface area contributed by atoms with Crippen molar-refractivity contribution in [3.8, 4) is 5.88 Å². The van der Waals surface area contributed by atoms with Crippen LogP contribution in [0.2, 0.25) is 0 Å². The van der Waals surface area contributed by atoms with Crippen molar-refractivity contribution in [3.05, 3.63) is 12.4 Å². The Morgan fingerprint density at radius 2 is 2.17 bits per heavy atom. The number of aromatic nitrogens is 2. The maximum absolute atomic E-state index is 9.75. The molecule has 1 atom stereocenters. The monoisotopic (exact) mass is 253 g/mol. The molecule has 1 aromatic rings. The Kier molecular flexibility index (Phi) is 6.43. The molecule has 1 rings (SSSR count). The zero-order chi connectivity index (χ0) is 13.4. The van der Waals surface area contributed by atoms with E-state index in [-0.39, 0.29) is 6.10 Å². The van der Waals surface area contributed by atoms with Crippen molar-refractivity contribution >= 4 is 5.82 Å². The largest absolute Gasteiger partial charge is 0.478 e. The fourth-order valence-electron chi connectivity index (χ4n) is 1.57. The summed E-state index contributed by atoms with van der Waals surface area (Å²) in [6, 6.07) is 1.75. The molecule has 0 spiro atoms. The van der Waals surface area contributed by atoms with Crippen LogP contribution in [0.25, 0.3) is 0 Å². The van der Waals surface area contributed by atoms with Crippen molar-refractivity contribution < 1.29 is 9.84 Å². The standard InChI is InChI=1S/C13H23N3O2/c1-4-5-18-13-7-12(15-9-16-13)14-8-11(17)6-10(2)3/h7,9-11,17H,4-6,8H2,1-3H3,(H,14,15,16). The summed E-state index contributed by atoms with van der Waals surface area (Å²) in [4.78, 5) is 8.10. The maximum atomic E-state index is 9.75. The average molecular weight is 253 g/mol. The number of rotatable bonds is 8. The normalized spacial score (nSPS) is 12.5. The first-order valence-electron chi connectivity index (χ1n) is 6.48. The fraction of sp³-hybridized carbons (Fsp3) is 0.692. The van der Waals surface area contributed by atoms with Crippen LogP contribution in [-0.2, 0) is 0 Å². The summed E-state index contributed by atoms with van der Waals surface area (Å²) in [7, 11) is 0. The summed E-state index contributed by atoms with van der Waals surface area (Å²) in [5, 5.41) is 12.8. The Morgan fingerprint density at radius 3 is 2.83 bits per heavy atom. The van der Waals surface area contributed by atoms with E-state index in [1.165, 1.54) is 6.33 Å². The molecule has 0 aliphatic carbocycles. The molecule has 1 unspecified atom stereocenters. The van der Waals surface area contributed by atoms with Crippen LogP contribution in [-0.4, -0.2) is 34.3 Å². The topological polar surface area (TPSA) is 67.3 Å². The van der Waals surface area contributed by atoms with Crippen LogP contribution in [0.15, 0.2) is 12.4 Å². The third-order valence-corrected chi connectivity index (χ3v) is 2.36. The lowest BCUT2D eigenvalue weighted by atomic mass is 10.1. The molecule has 0 saturated carbocycles. The number of anilines is 1. The van der Waals surface area contributed by atoms with Crippen molar-refractivity contribution in [2.24, 2.45) is 5.92 Å². The van der Waals surface area contributed by atoms with Gasteiger partial charge in [-0.15, -0.1) is 0 Å². The molecule has 0 fully saturated rings. The molecule has 5 heteroatoms. The van der Waals surface area contributed by atoms with E-state index < -0.39 is 0 Å². The van der Waals surface area contributed by atoms with Gasteiger partial charge in [0.1, 0.15) is 12.1 Å². The lowest BCUT2D eigenvalue weighted by molar-refractivity contribution is 0.161. The molecule has 0 aliphatic heterocycles. The summed E-state index contributed by atoms with van der Waals surface area (Å²) < 4.78 is 5.41. The molecule has 1 aromatic heterocycles. The molecule has 0 bridgehead atoms. The molecule has 0 radical (unpaired) electrons. The van der Waals surface area contributed by atoms with Gasteiger partial charge in [-0.25, -0.2) is 9.97 Å². The minimum Gasteiger partial charge on any atom is -0.478 e. The SMILES string of the molecule is CCCOc1cc(NCC(O)CC(C)C)ncn1. The first kappa shape index (κ1) is 14.7. The van der Waals surface area contributed by atoms with Gasteiger partial charge in [0, 0.05) is 12.6 Å². The van der Waals surface area contributed by atoms with Crippen molar-refractivity contribution in [3.63, 3.8) is 0 Å². The van der Waals surface area contributed by atoms with Crippen LogP contribution in [0.1, 0.15) is 33.6 Å². The molecule has 102 valence electrons. The van der Waals surface area contributed by atoms with E-state index in [2.05, 4.69) is 29.1 Å². The number of nitrogens with one attached hydrogen (secondary N) is 1. The average Bonchev–Trinajstić information content (AvgIpc) is 2.33. The molecule has 2 N–H and O–H groups in total. The van der Waals surface area contributed by atoms with Gasteiger partial charge in [-0.1, -0.05) is 20.8 Å². The van der Waals surface area contributed by atoms with E-state index in [0.29, 0.717) is 30.8 Å². The Labute approximate surface area is 109 Å². The second-order valence-electron chi connectivity index (χ2n) is 4.75. The predicted octanol–water partition coefficient (Wildman–Crippen LogP) is 2.08. The minimum absolute atomic E-state index is 0.361. The van der Waals surface area contributed by atoms with E-state index in [1.54, 1.807) is 6.07 Å². The molecule has 0 amide bonds. The van der Waals surface area contributed by atoms with Gasteiger partial charge in [-0.3, -0.25) is 0 Å². The highest BCUT2D eigenvalue weighted by atomic mass is 16.5. The highest BCUT2D eigenvalue weighted by Gasteiger charge is 2.07. The smallest absolute Gasteiger partial charge is 0.218 e. The van der Waals surface area contributed by atoms with Crippen LogP contribution >= 0.6 is 0 Å². The highest BCUT2D eigenvalue weighted by molar-refractivity contribution is 5.37. The van der Waals surface area contributed by atoms with Crippen LogP contribution < -0.4 is 10.1 Å². The zero-order valence-corrected chi connectivity index (χ0v) is 11.4. The van der Waals surface area contributed by atoms with Gasteiger partial charge in [0.2, 0.25) is 5.88 Å². The molecular weight excluding hydrogens is 230 g/mol. The summed E-state index contributed by atoms with van der Waals surface area (Å²) in [5.74, 6) is 1.72. The molecule has 0 saturated heterocycles. The van der Waals surface area contributed by atoms with Gasteiger partial charge in [0.15, 0.2) is 0 Å². The van der Waals surface area contributed by atoms with Crippen LogP contribution in [0, 0.1) is 5.92 Å². The third-order valence-electron chi connectivity index (χ3n) is 2.36. The van der Waals surface area contributed by atoms with Crippen molar-refractivity contribution in [1.82, 2.24) is 9.97 Å². The second kappa shape index (κ2) is 7.87. The molecule has 0 aromatic carbocycles. The van der Waals surface area contributed by atoms with E-state index >= 15 is 0 Å². The van der Waals surface area contributed by atoms with E-state index in [0.717, 1.165) is 12.8 Å². The highest BCUT2D eigenvalue weighted by Crippen LogP contribution is 2.12. The van der Waals surface area contributed by atoms with Crippen molar-refractivity contribution in [2.75, 3.05) is 18.5 Å².